The molecular weight excluding hydrogens is 331 g/mol. The Balaban J connectivity index is 1.94. The van der Waals surface area contributed by atoms with E-state index in [1.165, 1.54) is 23.2 Å². The van der Waals surface area contributed by atoms with Gasteiger partial charge in [0, 0.05) is 24.7 Å². The molecule has 0 amide bonds. The molecule has 0 atom stereocenters. The first-order chi connectivity index (χ1) is 11.9. The van der Waals surface area contributed by atoms with Crippen LogP contribution in [-0.2, 0) is 0 Å². The van der Waals surface area contributed by atoms with Gasteiger partial charge in [-0.25, -0.2) is 18.2 Å². The SMILES string of the molecule is O=c1[nH]ccc2nc(N3CCC(F)(F)C3)c(-c3ccc(F)cc3)cc12. The number of H-pyrrole nitrogens is 1. The predicted molar refractivity (Wildman–Crippen MR) is 89.5 cm³/mol. The molecule has 0 spiro atoms. The summed E-state index contributed by atoms with van der Waals surface area (Å²) >= 11 is 0. The zero-order valence-corrected chi connectivity index (χ0v) is 13.1. The average molecular weight is 345 g/mol. The number of fused-ring (bicyclic) bond motifs is 1. The summed E-state index contributed by atoms with van der Waals surface area (Å²) in [5.74, 6) is -2.79. The maximum atomic E-state index is 13.7. The van der Waals surface area contributed by atoms with Gasteiger partial charge in [0.25, 0.3) is 11.5 Å². The molecule has 1 aliphatic heterocycles. The second-order valence-corrected chi connectivity index (χ2v) is 6.13. The highest BCUT2D eigenvalue weighted by Crippen LogP contribution is 2.36. The normalized spacial score (nSPS) is 16.5. The molecule has 4 rings (SSSR count). The van der Waals surface area contributed by atoms with Gasteiger partial charge in [-0.1, -0.05) is 12.1 Å². The Morgan fingerprint density at radius 3 is 2.60 bits per heavy atom. The third-order valence-corrected chi connectivity index (χ3v) is 4.36. The van der Waals surface area contributed by atoms with Gasteiger partial charge in [0.2, 0.25) is 0 Å². The fourth-order valence-electron chi connectivity index (χ4n) is 3.10. The van der Waals surface area contributed by atoms with E-state index in [1.807, 2.05) is 0 Å². The summed E-state index contributed by atoms with van der Waals surface area (Å²) in [5.41, 5.74) is 1.26. The van der Waals surface area contributed by atoms with E-state index >= 15 is 0 Å². The first kappa shape index (κ1) is 15.7. The van der Waals surface area contributed by atoms with Crippen molar-refractivity contribution >= 4 is 16.7 Å². The largest absolute Gasteiger partial charge is 0.350 e. The molecule has 0 radical (unpaired) electrons. The second-order valence-electron chi connectivity index (χ2n) is 6.13. The van der Waals surface area contributed by atoms with Crippen LogP contribution in [0.15, 0.2) is 47.4 Å². The highest BCUT2D eigenvalue weighted by Gasteiger charge is 2.39. The zero-order valence-electron chi connectivity index (χ0n) is 13.1. The van der Waals surface area contributed by atoms with Crippen molar-refractivity contribution in [3.8, 4) is 11.1 Å². The molecule has 1 fully saturated rings. The number of nitrogens with zero attached hydrogens (tertiary/aromatic N) is 2. The number of benzene rings is 1. The summed E-state index contributed by atoms with van der Waals surface area (Å²) in [7, 11) is 0. The van der Waals surface area contributed by atoms with Crippen molar-refractivity contribution < 1.29 is 13.2 Å². The van der Waals surface area contributed by atoms with E-state index in [9.17, 15) is 18.0 Å². The van der Waals surface area contributed by atoms with Crippen molar-refractivity contribution in [1.82, 2.24) is 9.97 Å². The van der Waals surface area contributed by atoms with E-state index in [1.54, 1.807) is 24.3 Å². The van der Waals surface area contributed by atoms with Gasteiger partial charge in [0.05, 0.1) is 17.4 Å². The molecule has 0 bridgehead atoms. The topological polar surface area (TPSA) is 49.0 Å². The van der Waals surface area contributed by atoms with E-state index in [-0.39, 0.29) is 18.5 Å². The van der Waals surface area contributed by atoms with Crippen molar-refractivity contribution in [2.45, 2.75) is 12.3 Å². The van der Waals surface area contributed by atoms with Crippen molar-refractivity contribution in [2.24, 2.45) is 0 Å². The van der Waals surface area contributed by atoms with Gasteiger partial charge >= 0.3 is 0 Å². The average Bonchev–Trinajstić information content (AvgIpc) is 2.95. The van der Waals surface area contributed by atoms with Gasteiger partial charge in [0.15, 0.2) is 0 Å². The molecule has 1 N–H and O–H groups in total. The van der Waals surface area contributed by atoms with E-state index in [4.69, 9.17) is 0 Å². The minimum atomic E-state index is -2.77. The molecular formula is C18H14F3N3O. The lowest BCUT2D eigenvalue weighted by atomic mass is 10.0. The van der Waals surface area contributed by atoms with Gasteiger partial charge in [-0.2, -0.15) is 0 Å². The molecule has 3 aromatic rings. The van der Waals surface area contributed by atoms with Crippen molar-refractivity contribution in [3.63, 3.8) is 0 Å². The van der Waals surface area contributed by atoms with Gasteiger partial charge in [-0.3, -0.25) is 4.79 Å². The summed E-state index contributed by atoms with van der Waals surface area (Å²) in [6.45, 7) is -0.258. The predicted octanol–water partition coefficient (Wildman–Crippen LogP) is 3.57. The lowest BCUT2D eigenvalue weighted by molar-refractivity contribution is 0.0257. The lowest BCUT2D eigenvalue weighted by Gasteiger charge is -2.21. The van der Waals surface area contributed by atoms with E-state index in [0.717, 1.165) is 0 Å². The monoisotopic (exact) mass is 345 g/mol. The Labute approximate surface area is 140 Å². The molecule has 1 aromatic carbocycles. The van der Waals surface area contributed by atoms with Crippen molar-refractivity contribution in [2.75, 3.05) is 18.0 Å². The highest BCUT2D eigenvalue weighted by atomic mass is 19.3. The number of hydrogen-bond donors (Lipinski definition) is 1. The van der Waals surface area contributed by atoms with Crippen LogP contribution < -0.4 is 10.5 Å². The Kier molecular flexibility index (Phi) is 3.52. The third kappa shape index (κ3) is 2.86. The Morgan fingerprint density at radius 1 is 1.16 bits per heavy atom. The first-order valence-corrected chi connectivity index (χ1v) is 7.84. The molecule has 2 aromatic heterocycles. The van der Waals surface area contributed by atoms with Crippen LogP contribution in [0.5, 0.6) is 0 Å². The number of aromatic nitrogens is 2. The molecule has 128 valence electrons. The number of anilines is 1. The zero-order chi connectivity index (χ0) is 17.6. The third-order valence-electron chi connectivity index (χ3n) is 4.36. The molecule has 1 saturated heterocycles. The minimum absolute atomic E-state index is 0.170. The molecule has 4 nitrogen and oxygen atoms in total. The van der Waals surface area contributed by atoms with Crippen molar-refractivity contribution in [1.29, 1.82) is 0 Å². The number of pyridine rings is 2. The first-order valence-electron chi connectivity index (χ1n) is 7.84. The van der Waals surface area contributed by atoms with Crippen molar-refractivity contribution in [3.05, 3.63) is 58.8 Å². The van der Waals surface area contributed by atoms with Crippen LogP contribution in [0.2, 0.25) is 0 Å². The van der Waals surface area contributed by atoms with Crippen LogP contribution in [0.25, 0.3) is 22.0 Å². The summed E-state index contributed by atoms with van der Waals surface area (Å²) < 4.78 is 40.6. The summed E-state index contributed by atoms with van der Waals surface area (Å²) in [4.78, 5) is 20.6. The molecule has 0 saturated carbocycles. The number of hydrogen-bond acceptors (Lipinski definition) is 3. The Hall–Kier alpha value is -2.83. The number of rotatable bonds is 2. The molecule has 7 heteroatoms. The highest BCUT2D eigenvalue weighted by molar-refractivity contribution is 5.89. The minimum Gasteiger partial charge on any atom is -0.350 e. The lowest BCUT2D eigenvalue weighted by Crippen LogP contribution is -2.26. The maximum Gasteiger partial charge on any atom is 0.266 e. The number of alkyl halides is 2. The van der Waals surface area contributed by atoms with Gasteiger partial charge in [-0.15, -0.1) is 0 Å². The molecule has 25 heavy (non-hydrogen) atoms. The number of halogens is 3. The Morgan fingerprint density at radius 2 is 1.92 bits per heavy atom. The van der Waals surface area contributed by atoms with E-state index in [0.29, 0.717) is 27.8 Å². The number of nitrogens with one attached hydrogen (secondary N) is 1. The van der Waals surface area contributed by atoms with Crippen LogP contribution in [0, 0.1) is 5.82 Å². The van der Waals surface area contributed by atoms with Crippen LogP contribution in [0.3, 0.4) is 0 Å². The fraction of sp³-hybridized carbons (Fsp3) is 0.222. The second kappa shape index (κ2) is 5.61. The molecule has 3 heterocycles. The fourth-order valence-corrected chi connectivity index (χ4v) is 3.10. The summed E-state index contributed by atoms with van der Waals surface area (Å²) in [6, 6.07) is 8.93. The quantitative estimate of drug-likeness (QED) is 0.772. The standard InChI is InChI=1S/C18H14F3N3O/c19-12-3-1-11(2-4-12)13-9-14-15(5-7-22-17(14)25)23-16(13)24-8-6-18(20,21)10-24/h1-5,7,9H,6,8,10H2,(H,22,25). The smallest absolute Gasteiger partial charge is 0.266 e. The molecule has 1 aliphatic rings. The van der Waals surface area contributed by atoms with Gasteiger partial charge in [0.1, 0.15) is 11.6 Å². The summed E-state index contributed by atoms with van der Waals surface area (Å²) in [6.07, 6.45) is 1.22. The molecule has 0 unspecified atom stereocenters. The van der Waals surface area contributed by atoms with E-state index < -0.39 is 18.3 Å². The summed E-state index contributed by atoms with van der Waals surface area (Å²) in [5, 5.41) is 0.358. The Bertz CT molecular complexity index is 999. The van der Waals surface area contributed by atoms with Crippen LogP contribution in [0.4, 0.5) is 19.0 Å². The maximum absolute atomic E-state index is 13.7. The van der Waals surface area contributed by atoms with Crippen LogP contribution in [0.1, 0.15) is 6.42 Å². The van der Waals surface area contributed by atoms with E-state index in [2.05, 4.69) is 9.97 Å². The van der Waals surface area contributed by atoms with Gasteiger partial charge in [-0.05, 0) is 29.8 Å². The van der Waals surface area contributed by atoms with Crippen LogP contribution in [-0.4, -0.2) is 29.0 Å². The van der Waals surface area contributed by atoms with Gasteiger partial charge < -0.3 is 9.88 Å². The molecule has 0 aliphatic carbocycles. The number of aromatic amines is 1. The van der Waals surface area contributed by atoms with Crippen LogP contribution >= 0.6 is 0 Å².